The quantitative estimate of drug-likeness (QED) is 0.565. The maximum absolute atomic E-state index is 12.1. The van der Waals surface area contributed by atoms with Crippen LogP contribution in [0.5, 0.6) is 0 Å². The molecule has 1 amide bonds. The molecular formula is C18H22N6O2. The molecule has 1 fully saturated rings. The maximum atomic E-state index is 12.1. The van der Waals surface area contributed by atoms with E-state index in [1.54, 1.807) is 30.4 Å². The van der Waals surface area contributed by atoms with Gasteiger partial charge in [-0.1, -0.05) is 6.08 Å². The fourth-order valence-corrected chi connectivity index (χ4v) is 2.75. The molecule has 0 spiro atoms. The van der Waals surface area contributed by atoms with Crippen LogP contribution in [0.2, 0.25) is 0 Å². The number of pyridine rings is 2. The minimum atomic E-state index is -0.190. The Kier molecular flexibility index (Phi) is 5.33. The van der Waals surface area contributed by atoms with E-state index < -0.39 is 0 Å². The number of carbonyl (C=O) groups is 1. The van der Waals surface area contributed by atoms with Crippen LogP contribution in [0.15, 0.2) is 47.5 Å². The number of hydrogen-bond acceptors (Lipinski definition) is 6. The summed E-state index contributed by atoms with van der Waals surface area (Å²) >= 11 is 0. The highest BCUT2D eigenvalue weighted by Gasteiger charge is 2.29. The number of nitrogens with zero attached hydrogens (tertiary/aromatic N) is 2. The van der Waals surface area contributed by atoms with Crippen LogP contribution in [0.4, 0.5) is 11.5 Å². The minimum Gasteiger partial charge on any atom is -0.374 e. The Morgan fingerprint density at radius 1 is 1.42 bits per heavy atom. The smallest absolute Gasteiger partial charge is 0.271 e. The summed E-state index contributed by atoms with van der Waals surface area (Å²) in [5.41, 5.74) is 7.47. The first kappa shape index (κ1) is 17.7. The number of aromatic nitrogens is 2. The molecule has 5 N–H and O–H groups in total. The molecule has 1 aliphatic rings. The van der Waals surface area contributed by atoms with E-state index in [9.17, 15) is 9.59 Å². The molecule has 26 heavy (non-hydrogen) atoms. The van der Waals surface area contributed by atoms with E-state index in [1.165, 1.54) is 6.08 Å². The van der Waals surface area contributed by atoms with Crippen molar-refractivity contribution in [3.05, 3.63) is 53.1 Å². The Morgan fingerprint density at radius 2 is 2.23 bits per heavy atom. The summed E-state index contributed by atoms with van der Waals surface area (Å²) in [4.78, 5) is 32.6. The van der Waals surface area contributed by atoms with Gasteiger partial charge in [-0.15, -0.1) is 0 Å². The van der Waals surface area contributed by atoms with Crippen LogP contribution in [-0.4, -0.2) is 53.5 Å². The number of nitrogens with one attached hydrogen (secondary N) is 3. The molecule has 0 aliphatic carbocycles. The Balaban J connectivity index is 1.69. The number of aromatic amines is 1. The number of hydrogen-bond donors (Lipinski definition) is 4. The highest BCUT2D eigenvalue weighted by atomic mass is 16.2. The summed E-state index contributed by atoms with van der Waals surface area (Å²) in [7, 11) is 1.80. The van der Waals surface area contributed by atoms with E-state index in [0.717, 1.165) is 16.9 Å². The van der Waals surface area contributed by atoms with Gasteiger partial charge in [-0.3, -0.25) is 9.59 Å². The Bertz CT molecular complexity index is 870. The lowest BCUT2D eigenvalue weighted by molar-refractivity contribution is -0.129. The second-order valence-corrected chi connectivity index (χ2v) is 6.03. The third-order valence-corrected chi connectivity index (χ3v) is 4.20. The zero-order valence-corrected chi connectivity index (χ0v) is 14.5. The van der Waals surface area contributed by atoms with E-state index in [2.05, 4.69) is 20.6 Å². The van der Waals surface area contributed by atoms with Gasteiger partial charge in [0.05, 0.1) is 6.04 Å². The van der Waals surface area contributed by atoms with Gasteiger partial charge in [-0.2, -0.15) is 0 Å². The predicted molar refractivity (Wildman–Crippen MR) is 102 cm³/mol. The number of anilines is 2. The van der Waals surface area contributed by atoms with Crippen molar-refractivity contribution < 1.29 is 4.79 Å². The van der Waals surface area contributed by atoms with E-state index >= 15 is 0 Å². The molecule has 2 aromatic heterocycles. The Labute approximate surface area is 151 Å². The molecule has 0 atom stereocenters. The minimum absolute atomic E-state index is 0.0480. The summed E-state index contributed by atoms with van der Waals surface area (Å²) in [6, 6.07) is 5.65. The number of carbonyl (C=O) groups excluding carboxylic acids is 1. The molecule has 1 saturated heterocycles. The van der Waals surface area contributed by atoms with E-state index in [1.807, 2.05) is 18.2 Å². The van der Waals surface area contributed by atoms with Crippen LogP contribution in [0.25, 0.3) is 11.1 Å². The number of amides is 1. The van der Waals surface area contributed by atoms with Gasteiger partial charge in [0, 0.05) is 50.7 Å². The molecule has 1 aliphatic heterocycles. The second-order valence-electron chi connectivity index (χ2n) is 6.03. The van der Waals surface area contributed by atoms with Gasteiger partial charge in [0.25, 0.3) is 5.56 Å². The highest BCUT2D eigenvalue weighted by Crippen LogP contribution is 2.22. The molecule has 0 radical (unpaired) electrons. The standard InChI is InChI=1S/C18H22N6O2/c1-20-16-8-12(4-6-21-16)13-7-15(18(26)22-9-13)23-14-10-24(11-14)17(25)3-2-5-19/h2-4,6-9,14,23H,5,10-11,19H2,1H3,(H,20,21)(H,22,26)/b3-2+. The van der Waals surface area contributed by atoms with Crippen LogP contribution in [-0.2, 0) is 4.79 Å². The largest absolute Gasteiger partial charge is 0.374 e. The van der Waals surface area contributed by atoms with Gasteiger partial charge >= 0.3 is 0 Å². The van der Waals surface area contributed by atoms with Crippen molar-refractivity contribution >= 4 is 17.4 Å². The summed E-state index contributed by atoms with van der Waals surface area (Å²) in [6.07, 6.45) is 6.50. The lowest BCUT2D eigenvalue weighted by Crippen LogP contribution is -2.57. The monoisotopic (exact) mass is 354 g/mol. The second kappa shape index (κ2) is 7.83. The van der Waals surface area contributed by atoms with Gasteiger partial charge in [0.2, 0.25) is 5.91 Å². The molecule has 8 nitrogen and oxygen atoms in total. The van der Waals surface area contributed by atoms with Crippen molar-refractivity contribution in [1.29, 1.82) is 0 Å². The molecule has 0 saturated carbocycles. The number of H-pyrrole nitrogens is 1. The first-order valence-electron chi connectivity index (χ1n) is 8.39. The van der Waals surface area contributed by atoms with Crippen molar-refractivity contribution in [3.8, 4) is 11.1 Å². The number of nitrogens with two attached hydrogens (primary N) is 1. The summed E-state index contributed by atoms with van der Waals surface area (Å²) in [6.45, 7) is 1.45. The molecule has 3 rings (SSSR count). The third kappa shape index (κ3) is 3.92. The topological polar surface area (TPSA) is 116 Å². The normalized spacial score (nSPS) is 14.3. The van der Waals surface area contributed by atoms with Gasteiger partial charge < -0.3 is 26.3 Å². The van der Waals surface area contributed by atoms with Crippen LogP contribution in [0.1, 0.15) is 0 Å². The molecule has 0 unspecified atom stereocenters. The first-order chi connectivity index (χ1) is 12.6. The number of likely N-dealkylation sites (tertiary alicyclic amines) is 1. The molecule has 136 valence electrons. The summed E-state index contributed by atoms with van der Waals surface area (Å²) in [5, 5.41) is 6.20. The Hall–Kier alpha value is -3.13. The average Bonchev–Trinajstić information content (AvgIpc) is 2.63. The van der Waals surface area contributed by atoms with Gasteiger partial charge in [-0.25, -0.2) is 4.98 Å². The fraction of sp³-hybridized carbons (Fsp3) is 0.278. The first-order valence-corrected chi connectivity index (χ1v) is 8.39. The SMILES string of the molecule is CNc1cc(-c2c[nH]c(=O)c(NC3CN(C(=O)/C=C/CN)C3)c2)ccn1. The molecule has 0 bridgehead atoms. The lowest BCUT2D eigenvalue weighted by Gasteiger charge is -2.39. The summed E-state index contributed by atoms with van der Waals surface area (Å²) < 4.78 is 0. The van der Waals surface area contributed by atoms with Crippen LogP contribution in [0.3, 0.4) is 0 Å². The lowest BCUT2D eigenvalue weighted by atomic mass is 10.1. The fourth-order valence-electron chi connectivity index (χ4n) is 2.75. The number of rotatable bonds is 6. The maximum Gasteiger partial charge on any atom is 0.271 e. The van der Waals surface area contributed by atoms with Gasteiger partial charge in [0.15, 0.2) is 0 Å². The Morgan fingerprint density at radius 3 is 2.96 bits per heavy atom. The van der Waals surface area contributed by atoms with Gasteiger partial charge in [-0.05, 0) is 23.8 Å². The van der Waals surface area contributed by atoms with Crippen LogP contribution < -0.4 is 21.9 Å². The summed E-state index contributed by atoms with van der Waals surface area (Å²) in [5.74, 6) is 0.689. The molecule has 8 heteroatoms. The van der Waals surface area contributed by atoms with Crippen LogP contribution in [0, 0.1) is 0 Å². The van der Waals surface area contributed by atoms with Gasteiger partial charge in [0.1, 0.15) is 11.5 Å². The van der Waals surface area contributed by atoms with Crippen molar-refractivity contribution in [2.45, 2.75) is 6.04 Å². The molecular weight excluding hydrogens is 332 g/mol. The van der Waals surface area contributed by atoms with E-state index in [4.69, 9.17) is 5.73 Å². The average molecular weight is 354 g/mol. The van der Waals surface area contributed by atoms with E-state index in [-0.39, 0.29) is 17.5 Å². The van der Waals surface area contributed by atoms with Crippen molar-refractivity contribution in [2.24, 2.45) is 5.73 Å². The van der Waals surface area contributed by atoms with Crippen molar-refractivity contribution in [1.82, 2.24) is 14.9 Å². The van der Waals surface area contributed by atoms with E-state index in [0.29, 0.717) is 25.3 Å². The highest BCUT2D eigenvalue weighted by molar-refractivity contribution is 5.88. The third-order valence-electron chi connectivity index (χ3n) is 4.20. The molecule has 0 aromatic carbocycles. The zero-order chi connectivity index (χ0) is 18.5. The zero-order valence-electron chi connectivity index (χ0n) is 14.5. The molecule has 2 aromatic rings. The van der Waals surface area contributed by atoms with Crippen molar-refractivity contribution in [3.63, 3.8) is 0 Å². The van der Waals surface area contributed by atoms with Crippen molar-refractivity contribution in [2.75, 3.05) is 37.3 Å². The molecule has 3 heterocycles. The predicted octanol–water partition coefficient (Wildman–Crippen LogP) is 0.616. The van der Waals surface area contributed by atoms with Crippen LogP contribution >= 0.6 is 0 Å².